The summed E-state index contributed by atoms with van der Waals surface area (Å²) in [4.78, 5) is 25.5. The molecule has 31 heavy (non-hydrogen) atoms. The van der Waals surface area contributed by atoms with Crippen molar-refractivity contribution in [1.29, 1.82) is 0 Å². The molecule has 0 aromatic carbocycles. The van der Waals surface area contributed by atoms with Crippen LogP contribution in [0.5, 0.6) is 0 Å². The van der Waals surface area contributed by atoms with Gasteiger partial charge in [0.05, 0.1) is 0 Å². The highest BCUT2D eigenvalue weighted by Crippen LogP contribution is 2.25. The summed E-state index contributed by atoms with van der Waals surface area (Å²) in [6.45, 7) is 6.91. The molecule has 3 N–H and O–H groups in total. The molecule has 3 rings (SSSR count). The summed E-state index contributed by atoms with van der Waals surface area (Å²) >= 11 is 0. The first-order valence-corrected chi connectivity index (χ1v) is 9.39. The summed E-state index contributed by atoms with van der Waals surface area (Å²) in [5, 5.41) is 5.79. The number of hydrogen-bond acceptors (Lipinski definition) is 5. The first-order chi connectivity index (χ1) is 14.8. The van der Waals surface area contributed by atoms with Crippen molar-refractivity contribution in [2.45, 2.75) is 39.9 Å². The molecule has 3 aromatic heterocycles. The Kier molecular flexibility index (Phi) is 12.7. The average Bonchev–Trinajstić information content (AvgIpc) is 3.19. The Morgan fingerprint density at radius 3 is 2.39 bits per heavy atom. The van der Waals surface area contributed by atoms with Crippen molar-refractivity contribution in [3.05, 3.63) is 36.8 Å². The summed E-state index contributed by atoms with van der Waals surface area (Å²) in [5.41, 5.74) is 1.82. The molecule has 0 fully saturated rings. The fourth-order valence-electron chi connectivity index (χ4n) is 2.16. The SMILES string of the molecule is C#C.CC.CC(C)Nc1ccnc(-c2c[nH]c3ncccc23)n1.O=CNCC(F)(F)F. The molecule has 0 aliphatic carbocycles. The number of amides is 1. The van der Waals surface area contributed by atoms with Crippen LogP contribution in [0.2, 0.25) is 0 Å². The third-order valence-electron chi connectivity index (χ3n) is 3.17. The molecule has 0 saturated carbocycles. The second-order valence-electron chi connectivity index (χ2n) is 5.78. The molecule has 0 unspecified atom stereocenters. The summed E-state index contributed by atoms with van der Waals surface area (Å²) in [6, 6.07) is 6.14. The molecule has 0 radical (unpaired) electrons. The Balaban J connectivity index is 0.000000637. The molecule has 3 heterocycles. The van der Waals surface area contributed by atoms with Crippen LogP contribution in [0.1, 0.15) is 27.7 Å². The van der Waals surface area contributed by atoms with Gasteiger partial charge in [-0.2, -0.15) is 13.2 Å². The number of fused-ring (bicyclic) bond motifs is 1. The quantitative estimate of drug-likeness (QED) is 0.407. The number of H-pyrrole nitrogens is 1. The zero-order valence-corrected chi connectivity index (χ0v) is 17.9. The van der Waals surface area contributed by atoms with Gasteiger partial charge in [0, 0.05) is 35.6 Å². The predicted molar refractivity (Wildman–Crippen MR) is 117 cm³/mol. The van der Waals surface area contributed by atoms with Crippen LogP contribution in [0.25, 0.3) is 22.4 Å². The molecule has 1 amide bonds. The van der Waals surface area contributed by atoms with Crippen LogP contribution in [0.3, 0.4) is 0 Å². The van der Waals surface area contributed by atoms with Gasteiger partial charge in [-0.25, -0.2) is 15.0 Å². The first-order valence-electron chi connectivity index (χ1n) is 9.39. The number of terminal acetylenes is 1. The van der Waals surface area contributed by atoms with E-state index in [2.05, 4.69) is 51.9 Å². The molecule has 10 heteroatoms. The number of aromatic nitrogens is 4. The minimum atomic E-state index is -4.29. The van der Waals surface area contributed by atoms with Crippen molar-refractivity contribution in [3.63, 3.8) is 0 Å². The Morgan fingerprint density at radius 1 is 1.16 bits per heavy atom. The smallest absolute Gasteiger partial charge is 0.368 e. The lowest BCUT2D eigenvalue weighted by Gasteiger charge is -2.09. The van der Waals surface area contributed by atoms with Crippen LogP contribution in [-0.4, -0.2) is 45.1 Å². The zero-order valence-electron chi connectivity index (χ0n) is 17.9. The fraction of sp³-hybridized carbons (Fsp3) is 0.333. The van der Waals surface area contributed by atoms with E-state index in [1.807, 2.05) is 38.2 Å². The number of hydrogen-bond donors (Lipinski definition) is 3. The van der Waals surface area contributed by atoms with Crippen LogP contribution in [0.15, 0.2) is 36.8 Å². The molecule has 0 atom stereocenters. The molecule has 0 bridgehead atoms. The van der Waals surface area contributed by atoms with Crippen LogP contribution < -0.4 is 10.6 Å². The van der Waals surface area contributed by atoms with Crippen molar-refractivity contribution in [1.82, 2.24) is 25.3 Å². The first kappa shape index (κ1) is 27.4. The predicted octanol–water partition coefficient (Wildman–Crippen LogP) is 4.41. The van der Waals surface area contributed by atoms with Crippen molar-refractivity contribution in [3.8, 4) is 24.2 Å². The van der Waals surface area contributed by atoms with E-state index in [1.165, 1.54) is 5.32 Å². The van der Waals surface area contributed by atoms with E-state index in [0.717, 1.165) is 22.4 Å². The second kappa shape index (κ2) is 14.4. The van der Waals surface area contributed by atoms with Gasteiger partial charge >= 0.3 is 6.18 Å². The van der Waals surface area contributed by atoms with Crippen LogP contribution in [0.4, 0.5) is 19.0 Å². The summed E-state index contributed by atoms with van der Waals surface area (Å²) < 4.78 is 33.1. The molecule has 168 valence electrons. The third kappa shape index (κ3) is 10.1. The van der Waals surface area contributed by atoms with E-state index in [9.17, 15) is 18.0 Å². The number of carbonyl (C=O) groups excluding carboxylic acids is 1. The Morgan fingerprint density at radius 2 is 1.84 bits per heavy atom. The number of nitrogens with zero attached hydrogens (tertiary/aromatic N) is 3. The Hall–Kier alpha value is -3.61. The maximum atomic E-state index is 11.0. The average molecular weight is 436 g/mol. The molecule has 0 aliphatic heterocycles. The normalized spacial score (nSPS) is 9.87. The van der Waals surface area contributed by atoms with E-state index in [-0.39, 0.29) is 6.41 Å². The number of nitrogens with one attached hydrogen (secondary N) is 3. The van der Waals surface area contributed by atoms with E-state index >= 15 is 0 Å². The van der Waals surface area contributed by atoms with Gasteiger partial charge in [0.15, 0.2) is 5.82 Å². The highest BCUT2D eigenvalue weighted by atomic mass is 19.4. The van der Waals surface area contributed by atoms with Gasteiger partial charge in [0.1, 0.15) is 18.0 Å². The third-order valence-corrected chi connectivity index (χ3v) is 3.17. The molecule has 0 aliphatic rings. The van der Waals surface area contributed by atoms with Crippen LogP contribution in [-0.2, 0) is 4.79 Å². The summed E-state index contributed by atoms with van der Waals surface area (Å²) in [6.07, 6.45) is 9.14. The Bertz CT molecular complexity index is 922. The lowest BCUT2D eigenvalue weighted by Crippen LogP contribution is -2.27. The molecule has 0 saturated heterocycles. The van der Waals surface area contributed by atoms with E-state index in [1.54, 1.807) is 12.4 Å². The van der Waals surface area contributed by atoms with E-state index < -0.39 is 12.7 Å². The van der Waals surface area contributed by atoms with Gasteiger partial charge in [0.25, 0.3) is 0 Å². The highest BCUT2D eigenvalue weighted by molar-refractivity contribution is 5.91. The van der Waals surface area contributed by atoms with Gasteiger partial charge in [-0.15, -0.1) is 12.8 Å². The van der Waals surface area contributed by atoms with Crippen LogP contribution >= 0.6 is 0 Å². The van der Waals surface area contributed by atoms with Crippen molar-refractivity contribution >= 4 is 23.3 Å². The minimum Gasteiger partial charge on any atom is -0.368 e. The molecular weight excluding hydrogens is 409 g/mol. The van der Waals surface area contributed by atoms with Crippen molar-refractivity contribution < 1.29 is 18.0 Å². The van der Waals surface area contributed by atoms with Crippen molar-refractivity contribution in [2.75, 3.05) is 11.9 Å². The molecule has 3 aromatic rings. The maximum Gasteiger partial charge on any atom is 0.405 e. The number of rotatable bonds is 5. The number of anilines is 1. The molecular formula is C21H27F3N6O. The van der Waals surface area contributed by atoms with E-state index in [0.29, 0.717) is 11.9 Å². The monoisotopic (exact) mass is 436 g/mol. The topological polar surface area (TPSA) is 95.6 Å². The zero-order chi connectivity index (χ0) is 23.9. The largest absolute Gasteiger partial charge is 0.405 e. The fourth-order valence-corrected chi connectivity index (χ4v) is 2.16. The number of carbonyl (C=O) groups is 1. The van der Waals surface area contributed by atoms with E-state index in [4.69, 9.17) is 0 Å². The summed E-state index contributed by atoms with van der Waals surface area (Å²) in [7, 11) is 0. The Labute approximate surface area is 179 Å². The second-order valence-corrected chi connectivity index (χ2v) is 5.78. The van der Waals surface area contributed by atoms with Gasteiger partial charge in [-0.05, 0) is 32.0 Å². The van der Waals surface area contributed by atoms with Crippen molar-refractivity contribution in [2.24, 2.45) is 0 Å². The molecule has 0 spiro atoms. The maximum absolute atomic E-state index is 11.0. The number of pyridine rings is 1. The van der Waals surface area contributed by atoms with Gasteiger partial charge in [0.2, 0.25) is 6.41 Å². The standard InChI is InChI=1S/C14H15N5.C3H4F3NO.C2H6.C2H2/c1-9(2)18-12-5-7-16-14(19-12)11-8-17-13-10(11)4-3-6-15-13;4-3(5,6)1-7-2-8;2*1-2/h3-9H,1-2H3,(H,15,17)(H,16,18,19);2H,1H2,(H,7,8);1-2H3;1-2H. The van der Waals surface area contributed by atoms with Crippen LogP contribution in [0, 0.1) is 12.8 Å². The van der Waals surface area contributed by atoms with Gasteiger partial charge in [-0.1, -0.05) is 13.8 Å². The summed E-state index contributed by atoms with van der Waals surface area (Å²) in [5.74, 6) is 1.53. The number of alkyl halides is 3. The number of halogens is 3. The minimum absolute atomic E-state index is 0.00743. The lowest BCUT2D eigenvalue weighted by atomic mass is 10.2. The molecule has 7 nitrogen and oxygen atoms in total. The highest BCUT2D eigenvalue weighted by Gasteiger charge is 2.25. The number of aromatic amines is 1. The van der Waals surface area contributed by atoms with Gasteiger partial charge < -0.3 is 15.6 Å². The lowest BCUT2D eigenvalue weighted by molar-refractivity contribution is -0.132. The van der Waals surface area contributed by atoms with Gasteiger partial charge in [-0.3, -0.25) is 4.79 Å².